The molecule has 0 aromatic carbocycles. The molecule has 1 aliphatic rings. The van der Waals surface area contributed by atoms with Gasteiger partial charge in [0, 0.05) is 13.1 Å². The molecule has 0 aliphatic carbocycles. The Morgan fingerprint density at radius 1 is 1.42 bits per heavy atom. The molecule has 1 aliphatic heterocycles. The lowest BCUT2D eigenvalue weighted by molar-refractivity contribution is -0.141. The molecule has 7 nitrogen and oxygen atoms in total. The average Bonchev–Trinajstić information content (AvgIpc) is 2.97. The fourth-order valence-corrected chi connectivity index (χ4v) is 4.20. The maximum atomic E-state index is 12.4. The van der Waals surface area contributed by atoms with Gasteiger partial charge in [-0.15, -0.1) is 11.3 Å². The third kappa shape index (κ3) is 3.65. The Bertz CT molecular complexity index is 833. The number of aliphatic carboxylic acids is 1. The van der Waals surface area contributed by atoms with Crippen LogP contribution in [0.2, 0.25) is 0 Å². The van der Waals surface area contributed by atoms with Gasteiger partial charge in [-0.05, 0) is 31.2 Å². The van der Waals surface area contributed by atoms with Gasteiger partial charge in [0.25, 0.3) is 0 Å². The standard InChI is InChI=1S/C18H23N3O4S/c1-10(2)8-25-18(24)14-11(3)13-15(19-9-20-16(13)26-14)21-6-4-5-12(7-21)17(22)23/h9-10,12H,4-8H2,1-3H3,(H,22,23). The average molecular weight is 377 g/mol. The number of nitrogens with zero attached hydrogens (tertiary/aromatic N) is 3. The Kier molecular flexibility index (Phi) is 5.41. The van der Waals surface area contributed by atoms with Crippen molar-refractivity contribution < 1.29 is 19.4 Å². The summed E-state index contributed by atoms with van der Waals surface area (Å²) in [6.45, 7) is 7.39. The van der Waals surface area contributed by atoms with Crippen molar-refractivity contribution in [3.05, 3.63) is 16.8 Å². The number of thiophene rings is 1. The molecule has 1 atom stereocenters. The van der Waals surface area contributed by atoms with Crippen molar-refractivity contribution in [3.8, 4) is 0 Å². The molecule has 0 radical (unpaired) electrons. The van der Waals surface area contributed by atoms with E-state index in [2.05, 4.69) is 9.97 Å². The zero-order chi connectivity index (χ0) is 18.8. The van der Waals surface area contributed by atoms with Crippen LogP contribution in [0.15, 0.2) is 6.33 Å². The second-order valence-corrected chi connectivity index (χ2v) is 8.05. The first-order valence-corrected chi connectivity index (χ1v) is 9.59. The first-order valence-electron chi connectivity index (χ1n) is 8.77. The fraction of sp³-hybridized carbons (Fsp3) is 0.556. The van der Waals surface area contributed by atoms with Crippen LogP contribution >= 0.6 is 11.3 Å². The number of anilines is 1. The zero-order valence-electron chi connectivity index (χ0n) is 15.2. The van der Waals surface area contributed by atoms with E-state index < -0.39 is 11.9 Å². The van der Waals surface area contributed by atoms with Crippen molar-refractivity contribution >= 4 is 39.3 Å². The summed E-state index contributed by atoms with van der Waals surface area (Å²) in [6, 6.07) is 0. The molecule has 0 amide bonds. The van der Waals surface area contributed by atoms with E-state index in [9.17, 15) is 14.7 Å². The molecule has 26 heavy (non-hydrogen) atoms. The van der Waals surface area contributed by atoms with E-state index in [4.69, 9.17) is 4.74 Å². The van der Waals surface area contributed by atoms with Crippen molar-refractivity contribution in [1.29, 1.82) is 0 Å². The maximum Gasteiger partial charge on any atom is 0.348 e. The molecule has 2 aromatic heterocycles. The van der Waals surface area contributed by atoms with Crippen LogP contribution in [0.4, 0.5) is 5.82 Å². The highest BCUT2D eigenvalue weighted by molar-refractivity contribution is 7.20. The molecule has 3 rings (SSSR count). The van der Waals surface area contributed by atoms with Gasteiger partial charge in [-0.25, -0.2) is 14.8 Å². The van der Waals surface area contributed by atoms with Gasteiger partial charge in [0.1, 0.15) is 21.9 Å². The minimum atomic E-state index is -0.778. The summed E-state index contributed by atoms with van der Waals surface area (Å²) in [6.07, 6.45) is 2.95. The molecule has 0 spiro atoms. The predicted octanol–water partition coefficient (Wildman–Crippen LogP) is 3.11. The quantitative estimate of drug-likeness (QED) is 0.800. The van der Waals surface area contributed by atoms with E-state index in [-0.39, 0.29) is 11.9 Å². The lowest BCUT2D eigenvalue weighted by Gasteiger charge is -2.32. The van der Waals surface area contributed by atoms with E-state index in [0.29, 0.717) is 30.3 Å². The molecule has 0 bridgehead atoms. The lowest BCUT2D eigenvalue weighted by atomic mass is 9.98. The van der Waals surface area contributed by atoms with Crippen LogP contribution in [0.3, 0.4) is 0 Å². The fourth-order valence-electron chi connectivity index (χ4n) is 3.17. The normalized spacial score (nSPS) is 17.7. The Morgan fingerprint density at radius 2 is 2.19 bits per heavy atom. The summed E-state index contributed by atoms with van der Waals surface area (Å²) in [7, 11) is 0. The number of carbonyl (C=O) groups is 2. The zero-order valence-corrected chi connectivity index (χ0v) is 16.0. The monoisotopic (exact) mass is 377 g/mol. The van der Waals surface area contributed by atoms with Crippen molar-refractivity contribution in [2.45, 2.75) is 33.6 Å². The number of hydrogen-bond donors (Lipinski definition) is 1. The second-order valence-electron chi connectivity index (χ2n) is 7.05. The van der Waals surface area contributed by atoms with Crippen molar-refractivity contribution in [3.63, 3.8) is 0 Å². The lowest BCUT2D eigenvalue weighted by Crippen LogP contribution is -2.39. The summed E-state index contributed by atoms with van der Waals surface area (Å²) in [5.74, 6) is -0.543. The topological polar surface area (TPSA) is 92.6 Å². The van der Waals surface area contributed by atoms with Crippen LogP contribution in [0.1, 0.15) is 41.9 Å². The van der Waals surface area contributed by atoms with Gasteiger partial charge in [0.2, 0.25) is 0 Å². The molecule has 1 unspecified atom stereocenters. The van der Waals surface area contributed by atoms with Crippen LogP contribution < -0.4 is 4.90 Å². The van der Waals surface area contributed by atoms with Crippen molar-refractivity contribution in [2.75, 3.05) is 24.6 Å². The number of piperidine rings is 1. The van der Waals surface area contributed by atoms with Crippen LogP contribution in [0.25, 0.3) is 10.2 Å². The molecule has 0 saturated carbocycles. The number of carbonyl (C=O) groups excluding carboxylic acids is 1. The first kappa shape index (κ1) is 18.6. The van der Waals surface area contributed by atoms with E-state index in [1.54, 1.807) is 0 Å². The molecule has 140 valence electrons. The number of fused-ring (bicyclic) bond motifs is 1. The number of carboxylic acids is 1. The summed E-state index contributed by atoms with van der Waals surface area (Å²) < 4.78 is 5.37. The molecule has 1 N–H and O–H groups in total. The van der Waals surface area contributed by atoms with Crippen molar-refractivity contribution in [1.82, 2.24) is 9.97 Å². The molecule has 3 heterocycles. The van der Waals surface area contributed by atoms with E-state index in [1.807, 2.05) is 25.7 Å². The van der Waals surface area contributed by atoms with Crippen LogP contribution in [-0.2, 0) is 9.53 Å². The van der Waals surface area contributed by atoms with Crippen LogP contribution in [-0.4, -0.2) is 46.7 Å². The van der Waals surface area contributed by atoms with Gasteiger partial charge in [-0.2, -0.15) is 0 Å². The summed E-state index contributed by atoms with van der Waals surface area (Å²) >= 11 is 1.30. The SMILES string of the molecule is Cc1c(C(=O)OCC(C)C)sc2ncnc(N3CCCC(C(=O)O)C3)c12. The molecule has 2 aromatic rings. The third-order valence-electron chi connectivity index (χ3n) is 4.51. The highest BCUT2D eigenvalue weighted by Crippen LogP contribution is 2.36. The second kappa shape index (κ2) is 7.57. The van der Waals surface area contributed by atoms with E-state index in [1.165, 1.54) is 17.7 Å². The number of carboxylic acid groups (broad SMARTS) is 1. The highest BCUT2D eigenvalue weighted by atomic mass is 32.1. The highest BCUT2D eigenvalue weighted by Gasteiger charge is 2.29. The Hall–Kier alpha value is -2.22. The van der Waals surface area contributed by atoms with E-state index >= 15 is 0 Å². The molecular formula is C18H23N3O4S. The summed E-state index contributed by atoms with van der Waals surface area (Å²) in [5.41, 5.74) is 0.798. The number of aromatic nitrogens is 2. The van der Waals surface area contributed by atoms with Crippen LogP contribution in [0.5, 0.6) is 0 Å². The third-order valence-corrected chi connectivity index (χ3v) is 5.69. The largest absolute Gasteiger partial charge is 0.481 e. The number of ether oxygens (including phenoxy) is 1. The summed E-state index contributed by atoms with van der Waals surface area (Å²) in [4.78, 5) is 35.8. The Morgan fingerprint density at radius 3 is 2.88 bits per heavy atom. The maximum absolute atomic E-state index is 12.4. The minimum absolute atomic E-state index is 0.269. The van der Waals surface area contributed by atoms with Gasteiger partial charge < -0.3 is 14.7 Å². The van der Waals surface area contributed by atoms with E-state index in [0.717, 1.165) is 28.7 Å². The number of rotatable bonds is 5. The first-order chi connectivity index (χ1) is 12.4. The number of esters is 1. The number of aryl methyl sites for hydroxylation is 1. The van der Waals surface area contributed by atoms with Crippen molar-refractivity contribution in [2.24, 2.45) is 11.8 Å². The van der Waals surface area contributed by atoms with Gasteiger partial charge >= 0.3 is 11.9 Å². The molecule has 8 heteroatoms. The Labute approximate surface area is 156 Å². The number of hydrogen-bond acceptors (Lipinski definition) is 7. The summed E-state index contributed by atoms with van der Waals surface area (Å²) in [5, 5.41) is 10.2. The smallest absolute Gasteiger partial charge is 0.348 e. The van der Waals surface area contributed by atoms with Gasteiger partial charge in [0.15, 0.2) is 0 Å². The molecular weight excluding hydrogens is 354 g/mol. The van der Waals surface area contributed by atoms with Gasteiger partial charge in [-0.3, -0.25) is 4.79 Å². The Balaban J connectivity index is 1.95. The van der Waals surface area contributed by atoms with Crippen LogP contribution in [0, 0.1) is 18.8 Å². The van der Waals surface area contributed by atoms with Gasteiger partial charge in [-0.1, -0.05) is 13.8 Å². The molecule has 1 fully saturated rings. The van der Waals surface area contributed by atoms with Gasteiger partial charge in [0.05, 0.1) is 17.9 Å². The predicted molar refractivity (Wildman–Crippen MR) is 99.8 cm³/mol. The molecule has 1 saturated heterocycles. The minimum Gasteiger partial charge on any atom is -0.481 e.